The maximum Gasteiger partial charge on any atom is 0.282 e. The van der Waals surface area contributed by atoms with Gasteiger partial charge in [-0.05, 0) is 5.56 Å². The van der Waals surface area contributed by atoms with E-state index < -0.39 is 0 Å². The number of halogens is 1. The van der Waals surface area contributed by atoms with Crippen LogP contribution in [0.1, 0.15) is 11.6 Å². The summed E-state index contributed by atoms with van der Waals surface area (Å²) in [7, 11) is 0. The van der Waals surface area contributed by atoms with Gasteiger partial charge in [-0.15, -0.1) is 6.58 Å². The Hall–Kier alpha value is -0.740. The van der Waals surface area contributed by atoms with Crippen LogP contribution >= 0.6 is 27.7 Å². The molecule has 0 bridgehead atoms. The van der Waals surface area contributed by atoms with Gasteiger partial charge in [0.2, 0.25) is 0 Å². The summed E-state index contributed by atoms with van der Waals surface area (Å²) in [4.78, 5) is 13.9. The lowest BCUT2D eigenvalue weighted by molar-refractivity contribution is 0.201. The molecule has 2 nitrogen and oxygen atoms in total. The fraction of sp³-hybridized carbons (Fsp3) is 0.308. The molecule has 0 radical (unpaired) electrons. The van der Waals surface area contributed by atoms with E-state index in [2.05, 4.69) is 34.6 Å². The molecule has 2 rings (SSSR count). The van der Waals surface area contributed by atoms with Crippen molar-refractivity contribution in [2.75, 3.05) is 11.1 Å². The highest BCUT2D eigenvalue weighted by Crippen LogP contribution is 2.34. The molecule has 0 N–H and O–H groups in total. The monoisotopic (exact) mass is 311 g/mol. The minimum atomic E-state index is 0.0849. The Kier molecular flexibility index (Phi) is 4.29. The lowest BCUT2D eigenvalue weighted by Gasteiger charge is -2.30. The third-order valence-electron chi connectivity index (χ3n) is 2.88. The lowest BCUT2D eigenvalue weighted by atomic mass is 10.1. The van der Waals surface area contributed by atoms with Crippen molar-refractivity contribution in [3.8, 4) is 0 Å². The van der Waals surface area contributed by atoms with Crippen molar-refractivity contribution in [2.45, 2.75) is 12.1 Å². The Morgan fingerprint density at radius 3 is 2.82 bits per heavy atom. The average molecular weight is 312 g/mol. The molecule has 0 spiro atoms. The maximum absolute atomic E-state index is 11.9. The molecule has 1 amide bonds. The molecule has 0 unspecified atom stereocenters. The van der Waals surface area contributed by atoms with Crippen molar-refractivity contribution in [1.29, 1.82) is 0 Å². The van der Waals surface area contributed by atoms with Crippen LogP contribution in [-0.4, -0.2) is 27.3 Å². The number of alkyl halides is 1. The number of thioether (sulfide) groups is 1. The fourth-order valence-electron chi connectivity index (χ4n) is 1.99. The smallest absolute Gasteiger partial charge is 0.282 e. The normalized spacial score (nSPS) is 21.6. The van der Waals surface area contributed by atoms with Crippen LogP contribution in [0.2, 0.25) is 0 Å². The molecule has 0 aliphatic carbocycles. The zero-order valence-electron chi connectivity index (χ0n) is 9.38. The van der Waals surface area contributed by atoms with E-state index in [1.54, 1.807) is 0 Å². The second-order valence-corrected chi connectivity index (χ2v) is 5.49. The molecule has 1 saturated heterocycles. The first-order valence-corrected chi connectivity index (χ1v) is 7.57. The highest BCUT2D eigenvalue weighted by atomic mass is 79.9. The van der Waals surface area contributed by atoms with Gasteiger partial charge in [-0.1, -0.05) is 64.1 Å². The Morgan fingerprint density at radius 2 is 2.24 bits per heavy atom. The molecule has 0 aromatic heterocycles. The summed E-state index contributed by atoms with van der Waals surface area (Å²) in [5, 5.41) is 0.886. The predicted octanol–water partition coefficient (Wildman–Crippen LogP) is 3.85. The fourth-order valence-corrected chi connectivity index (χ4v) is 3.69. The molecular formula is C13H14BrNOS. The summed E-state index contributed by atoms with van der Waals surface area (Å²) >= 11 is 4.88. The summed E-state index contributed by atoms with van der Waals surface area (Å²) in [5.74, 6) is 0.804. The molecule has 4 heteroatoms. The van der Waals surface area contributed by atoms with E-state index in [0.29, 0.717) is 0 Å². The van der Waals surface area contributed by atoms with Crippen molar-refractivity contribution in [1.82, 2.24) is 4.90 Å². The highest BCUT2D eigenvalue weighted by molar-refractivity contribution is 9.09. The van der Waals surface area contributed by atoms with Crippen LogP contribution in [0.4, 0.5) is 4.79 Å². The average Bonchev–Trinajstić information content (AvgIpc) is 2.74. The molecule has 0 saturated carbocycles. The SMILES string of the molecule is C=C[C@@H]1CSC(=O)N1[C@@H](CBr)c1ccccc1. The Morgan fingerprint density at radius 1 is 1.53 bits per heavy atom. The van der Waals surface area contributed by atoms with Crippen LogP contribution in [0, 0.1) is 0 Å². The van der Waals surface area contributed by atoms with Gasteiger partial charge < -0.3 is 4.90 Å². The molecule has 17 heavy (non-hydrogen) atoms. The molecule has 1 aromatic rings. The van der Waals surface area contributed by atoms with E-state index >= 15 is 0 Å². The van der Waals surface area contributed by atoms with Crippen LogP contribution < -0.4 is 0 Å². The largest absolute Gasteiger partial charge is 0.318 e. The summed E-state index contributed by atoms with van der Waals surface area (Å²) < 4.78 is 0. The maximum atomic E-state index is 11.9. The van der Waals surface area contributed by atoms with Gasteiger partial charge in [-0.2, -0.15) is 0 Å². The zero-order chi connectivity index (χ0) is 12.3. The van der Waals surface area contributed by atoms with Crippen LogP contribution in [0.3, 0.4) is 0 Å². The van der Waals surface area contributed by atoms with Gasteiger partial charge >= 0.3 is 0 Å². The number of carbonyl (C=O) groups is 1. The van der Waals surface area contributed by atoms with E-state index in [1.165, 1.54) is 11.8 Å². The first kappa shape index (κ1) is 12.7. The summed E-state index contributed by atoms with van der Waals surface area (Å²) in [6.07, 6.45) is 1.86. The van der Waals surface area contributed by atoms with Crippen LogP contribution in [0.25, 0.3) is 0 Å². The molecule has 1 heterocycles. The first-order valence-electron chi connectivity index (χ1n) is 5.46. The molecule has 1 aliphatic rings. The van der Waals surface area contributed by atoms with Crippen molar-refractivity contribution < 1.29 is 4.79 Å². The van der Waals surface area contributed by atoms with Gasteiger partial charge in [0.25, 0.3) is 5.24 Å². The molecule has 1 aromatic carbocycles. The first-order chi connectivity index (χ1) is 8.27. The summed E-state index contributed by atoms with van der Waals surface area (Å²) in [5.41, 5.74) is 1.16. The lowest BCUT2D eigenvalue weighted by Crippen LogP contribution is -2.36. The minimum absolute atomic E-state index is 0.0849. The molecule has 1 aliphatic heterocycles. The Labute approximate surface area is 114 Å². The predicted molar refractivity (Wildman–Crippen MR) is 76.7 cm³/mol. The molecule has 2 atom stereocenters. The topological polar surface area (TPSA) is 20.3 Å². The van der Waals surface area contributed by atoms with Gasteiger partial charge in [-0.3, -0.25) is 4.79 Å². The van der Waals surface area contributed by atoms with E-state index in [-0.39, 0.29) is 17.3 Å². The van der Waals surface area contributed by atoms with E-state index in [0.717, 1.165) is 16.6 Å². The highest BCUT2D eigenvalue weighted by Gasteiger charge is 2.35. The molecule has 1 fully saturated rings. The van der Waals surface area contributed by atoms with Crippen molar-refractivity contribution in [2.24, 2.45) is 0 Å². The summed E-state index contributed by atoms with van der Waals surface area (Å²) in [6, 6.07) is 10.3. The van der Waals surface area contributed by atoms with Crippen molar-refractivity contribution in [3.05, 3.63) is 48.6 Å². The van der Waals surface area contributed by atoms with E-state index in [9.17, 15) is 4.79 Å². The van der Waals surface area contributed by atoms with Gasteiger partial charge in [0.05, 0.1) is 12.1 Å². The van der Waals surface area contributed by atoms with E-state index in [1.807, 2.05) is 29.2 Å². The number of rotatable bonds is 4. The number of nitrogens with zero attached hydrogens (tertiary/aromatic N) is 1. The van der Waals surface area contributed by atoms with Crippen LogP contribution in [0.15, 0.2) is 43.0 Å². The van der Waals surface area contributed by atoms with Gasteiger partial charge in [0, 0.05) is 11.1 Å². The third-order valence-corrected chi connectivity index (χ3v) is 4.46. The number of amides is 1. The molecular weight excluding hydrogens is 298 g/mol. The van der Waals surface area contributed by atoms with Gasteiger partial charge in [0.1, 0.15) is 0 Å². The Balaban J connectivity index is 2.29. The van der Waals surface area contributed by atoms with E-state index in [4.69, 9.17) is 0 Å². The standard InChI is InChI=1S/C13H14BrNOS/c1-2-11-9-17-13(16)15(11)12(8-14)10-6-4-3-5-7-10/h2-7,11-12H,1,8-9H2/t11-,12+/m1/s1. The number of benzene rings is 1. The van der Waals surface area contributed by atoms with Crippen molar-refractivity contribution in [3.63, 3.8) is 0 Å². The number of carbonyl (C=O) groups excluding carboxylic acids is 1. The third kappa shape index (κ3) is 2.58. The van der Waals surface area contributed by atoms with Gasteiger partial charge in [-0.25, -0.2) is 0 Å². The number of hydrogen-bond acceptors (Lipinski definition) is 2. The number of hydrogen-bond donors (Lipinski definition) is 0. The minimum Gasteiger partial charge on any atom is -0.318 e. The van der Waals surface area contributed by atoms with Gasteiger partial charge in [0.15, 0.2) is 0 Å². The van der Waals surface area contributed by atoms with Crippen LogP contribution in [-0.2, 0) is 0 Å². The molecule has 90 valence electrons. The van der Waals surface area contributed by atoms with Crippen molar-refractivity contribution >= 4 is 32.9 Å². The second-order valence-electron chi connectivity index (χ2n) is 3.87. The van der Waals surface area contributed by atoms with Crippen LogP contribution in [0.5, 0.6) is 0 Å². The second kappa shape index (κ2) is 5.74. The zero-order valence-corrected chi connectivity index (χ0v) is 11.8. The Bertz CT molecular complexity index is 409. The quantitative estimate of drug-likeness (QED) is 0.622. The summed E-state index contributed by atoms with van der Waals surface area (Å²) in [6.45, 7) is 3.82.